The van der Waals surface area contributed by atoms with Crippen molar-refractivity contribution in [3.63, 3.8) is 0 Å². The summed E-state index contributed by atoms with van der Waals surface area (Å²) in [5, 5.41) is 0. The van der Waals surface area contributed by atoms with Crippen LogP contribution in [0.4, 0.5) is 0 Å². The number of carbonyl (C=O) groups excluding carboxylic acids is 1. The lowest BCUT2D eigenvalue weighted by Crippen LogP contribution is -2.52. The maximum Gasteiger partial charge on any atom is 0.420 e. The molecule has 180 valence electrons. The van der Waals surface area contributed by atoms with E-state index in [0.29, 0.717) is 35.8 Å². The summed E-state index contributed by atoms with van der Waals surface area (Å²) >= 11 is 0. The average molecular weight is 488 g/mol. The van der Waals surface area contributed by atoms with Gasteiger partial charge >= 0.3 is 5.76 Å². The number of oxazole rings is 1. The molecule has 2 aromatic carbocycles. The number of amides is 1. The van der Waals surface area contributed by atoms with Gasteiger partial charge in [-0.3, -0.25) is 9.36 Å². The highest BCUT2D eigenvalue weighted by molar-refractivity contribution is 7.89. The van der Waals surface area contributed by atoms with E-state index in [0.717, 1.165) is 6.42 Å². The number of benzene rings is 2. The van der Waals surface area contributed by atoms with Crippen molar-refractivity contribution < 1.29 is 27.1 Å². The molecule has 0 bridgehead atoms. The van der Waals surface area contributed by atoms with Crippen molar-refractivity contribution >= 4 is 27.0 Å². The normalized spacial score (nSPS) is 18.0. The molecule has 10 nitrogen and oxygen atoms in total. The Morgan fingerprint density at radius 1 is 0.971 bits per heavy atom. The lowest BCUT2D eigenvalue weighted by molar-refractivity contribution is -0.135. The van der Waals surface area contributed by atoms with E-state index in [1.54, 1.807) is 42.2 Å². The first-order valence-electron chi connectivity index (χ1n) is 11.1. The van der Waals surface area contributed by atoms with Crippen LogP contribution in [0, 0.1) is 0 Å². The molecular formula is C23H25N3O7S. The first-order valence-corrected chi connectivity index (χ1v) is 12.6. The van der Waals surface area contributed by atoms with E-state index in [-0.39, 0.29) is 37.0 Å². The van der Waals surface area contributed by atoms with Crippen molar-refractivity contribution in [3.8, 4) is 11.5 Å². The monoisotopic (exact) mass is 487 g/mol. The summed E-state index contributed by atoms with van der Waals surface area (Å²) in [6, 6.07) is 10.8. The molecule has 11 heteroatoms. The van der Waals surface area contributed by atoms with Crippen LogP contribution in [0.15, 0.2) is 56.6 Å². The van der Waals surface area contributed by atoms with Crippen LogP contribution in [-0.2, 0) is 14.8 Å². The Morgan fingerprint density at radius 3 is 2.44 bits per heavy atom. The Kier molecular flexibility index (Phi) is 5.82. The number of hydrogen-bond donors (Lipinski definition) is 0. The van der Waals surface area contributed by atoms with Crippen molar-refractivity contribution in [2.45, 2.75) is 24.3 Å². The van der Waals surface area contributed by atoms with Gasteiger partial charge in [0.1, 0.15) is 6.04 Å². The van der Waals surface area contributed by atoms with Crippen LogP contribution < -0.4 is 15.2 Å². The minimum atomic E-state index is -3.77. The molecule has 2 aliphatic rings. The van der Waals surface area contributed by atoms with Crippen molar-refractivity contribution in [3.05, 3.63) is 53.0 Å². The molecule has 1 fully saturated rings. The molecule has 3 heterocycles. The first kappa shape index (κ1) is 22.5. The third-order valence-electron chi connectivity index (χ3n) is 6.17. The molecule has 0 spiro atoms. The number of carbonyl (C=O) groups is 1. The second-order valence-corrected chi connectivity index (χ2v) is 10.2. The van der Waals surface area contributed by atoms with Crippen molar-refractivity contribution in [1.29, 1.82) is 0 Å². The number of ether oxygens (including phenoxy) is 2. The summed E-state index contributed by atoms with van der Waals surface area (Å²) in [5.74, 6) is 0.0841. The van der Waals surface area contributed by atoms with Gasteiger partial charge < -0.3 is 18.8 Å². The van der Waals surface area contributed by atoms with Gasteiger partial charge in [-0.05, 0) is 31.2 Å². The van der Waals surface area contributed by atoms with Gasteiger partial charge in [-0.1, -0.05) is 12.1 Å². The number of hydrogen-bond acceptors (Lipinski definition) is 7. The highest BCUT2D eigenvalue weighted by atomic mass is 32.2. The maximum absolute atomic E-state index is 13.2. The van der Waals surface area contributed by atoms with Crippen LogP contribution >= 0.6 is 0 Å². The molecular weight excluding hydrogens is 462 g/mol. The Bertz CT molecular complexity index is 1390. The number of para-hydroxylation sites is 2. The smallest absolute Gasteiger partial charge is 0.420 e. The standard InChI is InChI=1S/C23H25N3O7S/c1-16(26-18-5-2-3-6-19(18)33-23(26)28)22(27)24-9-11-25(12-10-24)34(29,30)17-7-8-20-21(15-17)32-14-4-13-31-20/h2-3,5-8,15-16H,4,9-14H2,1H3. The highest BCUT2D eigenvalue weighted by Gasteiger charge is 2.33. The Morgan fingerprint density at radius 2 is 1.68 bits per heavy atom. The fourth-order valence-electron chi connectivity index (χ4n) is 4.33. The van der Waals surface area contributed by atoms with E-state index >= 15 is 0 Å². The summed E-state index contributed by atoms with van der Waals surface area (Å²) in [7, 11) is -3.77. The molecule has 0 saturated carbocycles. The predicted molar refractivity (Wildman–Crippen MR) is 123 cm³/mol. The van der Waals surface area contributed by atoms with Crippen LogP contribution in [0.5, 0.6) is 11.5 Å². The van der Waals surface area contributed by atoms with Gasteiger partial charge in [-0.2, -0.15) is 4.31 Å². The molecule has 1 aromatic heterocycles. The molecule has 0 aliphatic carbocycles. The van der Waals surface area contributed by atoms with Gasteiger partial charge in [0, 0.05) is 38.7 Å². The van der Waals surface area contributed by atoms with Crippen LogP contribution in [0.2, 0.25) is 0 Å². The second-order valence-electron chi connectivity index (χ2n) is 8.27. The van der Waals surface area contributed by atoms with Crippen molar-refractivity contribution in [2.24, 2.45) is 0 Å². The summed E-state index contributed by atoms with van der Waals surface area (Å²) in [6.07, 6.45) is 0.728. The summed E-state index contributed by atoms with van der Waals surface area (Å²) in [4.78, 5) is 27.2. The minimum absolute atomic E-state index is 0.126. The third-order valence-corrected chi connectivity index (χ3v) is 8.07. The molecule has 1 amide bonds. The molecule has 0 N–H and O–H groups in total. The number of aromatic nitrogens is 1. The highest BCUT2D eigenvalue weighted by Crippen LogP contribution is 2.33. The lowest BCUT2D eigenvalue weighted by atomic mass is 10.2. The van der Waals surface area contributed by atoms with Gasteiger partial charge in [0.05, 0.1) is 23.6 Å². The predicted octanol–water partition coefficient (Wildman–Crippen LogP) is 1.85. The summed E-state index contributed by atoms with van der Waals surface area (Å²) in [6.45, 7) is 3.37. The minimum Gasteiger partial charge on any atom is -0.490 e. The summed E-state index contributed by atoms with van der Waals surface area (Å²) < 4.78 is 45.6. The van der Waals surface area contributed by atoms with Crippen LogP contribution in [0.3, 0.4) is 0 Å². The van der Waals surface area contributed by atoms with E-state index < -0.39 is 21.8 Å². The first-order chi connectivity index (χ1) is 16.4. The number of piperazine rings is 1. The van der Waals surface area contributed by atoms with E-state index in [4.69, 9.17) is 13.9 Å². The number of sulfonamides is 1. The Balaban J connectivity index is 1.29. The zero-order valence-corrected chi connectivity index (χ0v) is 19.5. The van der Waals surface area contributed by atoms with Crippen LogP contribution in [0.25, 0.3) is 11.1 Å². The topological polar surface area (TPSA) is 111 Å². The molecule has 0 radical (unpaired) electrons. The van der Waals surface area contributed by atoms with E-state index in [1.165, 1.54) is 21.0 Å². The molecule has 1 atom stereocenters. The molecule has 3 aromatic rings. The average Bonchev–Trinajstić information content (AvgIpc) is 3.01. The number of nitrogens with zero attached hydrogens (tertiary/aromatic N) is 3. The van der Waals surface area contributed by atoms with Gasteiger partial charge in [0.25, 0.3) is 0 Å². The largest absolute Gasteiger partial charge is 0.490 e. The fourth-order valence-corrected chi connectivity index (χ4v) is 5.77. The van der Waals surface area contributed by atoms with Crippen molar-refractivity contribution in [1.82, 2.24) is 13.8 Å². The van der Waals surface area contributed by atoms with Crippen LogP contribution in [0.1, 0.15) is 19.4 Å². The molecule has 2 aliphatic heterocycles. The SMILES string of the molecule is CC(C(=O)N1CCN(S(=O)(=O)c2ccc3c(c2)OCCCO3)CC1)n1c(=O)oc2ccccc21. The van der Waals surface area contributed by atoms with Gasteiger partial charge in [-0.15, -0.1) is 0 Å². The third kappa shape index (κ3) is 3.94. The van der Waals surface area contributed by atoms with Gasteiger partial charge in [0.2, 0.25) is 15.9 Å². The van der Waals surface area contributed by atoms with E-state index in [9.17, 15) is 18.0 Å². The maximum atomic E-state index is 13.2. The zero-order chi connectivity index (χ0) is 23.9. The zero-order valence-electron chi connectivity index (χ0n) is 18.7. The molecule has 34 heavy (non-hydrogen) atoms. The fraction of sp³-hybridized carbons (Fsp3) is 0.391. The van der Waals surface area contributed by atoms with Gasteiger partial charge in [-0.25, -0.2) is 13.2 Å². The number of rotatable bonds is 4. The Labute approximate surface area is 196 Å². The van der Waals surface area contributed by atoms with E-state index in [2.05, 4.69) is 0 Å². The molecule has 5 rings (SSSR count). The van der Waals surface area contributed by atoms with Gasteiger partial charge in [0.15, 0.2) is 17.1 Å². The molecule has 1 saturated heterocycles. The number of fused-ring (bicyclic) bond motifs is 2. The second kappa shape index (κ2) is 8.80. The summed E-state index contributed by atoms with van der Waals surface area (Å²) in [5.41, 5.74) is 0.960. The molecule has 1 unspecified atom stereocenters. The van der Waals surface area contributed by atoms with Crippen molar-refractivity contribution in [2.75, 3.05) is 39.4 Å². The Hall–Kier alpha value is -3.31. The van der Waals surface area contributed by atoms with E-state index in [1.807, 2.05) is 0 Å². The van der Waals surface area contributed by atoms with Crippen LogP contribution in [-0.4, -0.2) is 67.5 Å². The lowest BCUT2D eigenvalue weighted by Gasteiger charge is -2.35. The quantitative estimate of drug-likeness (QED) is 0.552.